The van der Waals surface area contributed by atoms with Crippen LogP contribution in [-0.4, -0.2) is 69.4 Å². The zero-order valence-corrected chi connectivity index (χ0v) is 20.3. The number of carbonyl (C=O) groups excluding carboxylic acids is 1. The van der Waals surface area contributed by atoms with Crippen LogP contribution in [0.5, 0.6) is 5.75 Å². The van der Waals surface area contributed by atoms with E-state index in [0.717, 1.165) is 25.1 Å². The number of para-hydroxylation sites is 1. The van der Waals surface area contributed by atoms with E-state index in [0.29, 0.717) is 38.4 Å². The van der Waals surface area contributed by atoms with Crippen LogP contribution in [0, 0.1) is 12.8 Å². The van der Waals surface area contributed by atoms with Crippen molar-refractivity contribution in [3.63, 3.8) is 0 Å². The minimum absolute atomic E-state index is 0.0745. The number of rotatable bonds is 6. The molecule has 7 nitrogen and oxygen atoms in total. The first-order valence-corrected chi connectivity index (χ1v) is 13.2. The second kappa shape index (κ2) is 10.1. The number of aryl methyl sites for hydroxylation is 1. The number of amides is 1. The SMILES string of the molecule is CCOc1ccc(S(=O)(=O)N2CCC[C@@H](C(=O)N3CCN(c4ccccc4)CC3)C2)cc1C. The number of sulfonamides is 1. The molecular formula is C25H33N3O4S. The highest BCUT2D eigenvalue weighted by Crippen LogP contribution is 2.28. The van der Waals surface area contributed by atoms with E-state index in [9.17, 15) is 13.2 Å². The van der Waals surface area contributed by atoms with Crippen molar-refractivity contribution >= 4 is 21.6 Å². The summed E-state index contributed by atoms with van der Waals surface area (Å²) in [7, 11) is -3.66. The molecule has 0 unspecified atom stereocenters. The van der Waals surface area contributed by atoms with Crippen LogP contribution in [0.3, 0.4) is 0 Å². The topological polar surface area (TPSA) is 70.2 Å². The Morgan fingerprint density at radius 1 is 1.03 bits per heavy atom. The number of carbonyl (C=O) groups is 1. The summed E-state index contributed by atoms with van der Waals surface area (Å²) in [4.78, 5) is 17.7. The van der Waals surface area contributed by atoms with Crippen molar-refractivity contribution in [2.45, 2.75) is 31.6 Å². The molecule has 4 rings (SSSR count). The third-order valence-electron chi connectivity index (χ3n) is 6.53. The van der Waals surface area contributed by atoms with E-state index < -0.39 is 10.0 Å². The molecular weight excluding hydrogens is 438 g/mol. The molecule has 1 atom stereocenters. The molecule has 0 aromatic heterocycles. The molecule has 33 heavy (non-hydrogen) atoms. The van der Waals surface area contributed by atoms with E-state index in [1.807, 2.05) is 36.9 Å². The lowest BCUT2D eigenvalue weighted by Gasteiger charge is -2.39. The summed E-state index contributed by atoms with van der Waals surface area (Å²) >= 11 is 0. The number of piperazine rings is 1. The normalized spacial score (nSPS) is 20.0. The van der Waals surface area contributed by atoms with Crippen molar-refractivity contribution in [3.05, 3.63) is 54.1 Å². The van der Waals surface area contributed by atoms with Crippen LogP contribution >= 0.6 is 0 Å². The van der Waals surface area contributed by atoms with Gasteiger partial charge in [0.15, 0.2) is 0 Å². The molecule has 2 saturated heterocycles. The summed E-state index contributed by atoms with van der Waals surface area (Å²) in [5, 5.41) is 0. The van der Waals surface area contributed by atoms with Gasteiger partial charge in [-0.25, -0.2) is 8.42 Å². The van der Waals surface area contributed by atoms with Gasteiger partial charge in [0.1, 0.15) is 5.75 Å². The number of piperidine rings is 1. The first-order valence-electron chi connectivity index (χ1n) is 11.7. The molecule has 0 spiro atoms. The number of ether oxygens (including phenoxy) is 1. The minimum Gasteiger partial charge on any atom is -0.494 e. The van der Waals surface area contributed by atoms with Gasteiger partial charge >= 0.3 is 0 Å². The first-order chi connectivity index (χ1) is 15.9. The Balaban J connectivity index is 1.40. The molecule has 2 heterocycles. The quantitative estimate of drug-likeness (QED) is 0.647. The van der Waals surface area contributed by atoms with Gasteiger partial charge in [0.2, 0.25) is 15.9 Å². The van der Waals surface area contributed by atoms with Crippen LogP contribution in [0.4, 0.5) is 5.69 Å². The maximum Gasteiger partial charge on any atom is 0.243 e. The Labute approximate surface area is 197 Å². The molecule has 0 saturated carbocycles. The van der Waals surface area contributed by atoms with E-state index in [4.69, 9.17) is 4.74 Å². The maximum absolute atomic E-state index is 13.3. The first kappa shape index (κ1) is 23.6. The maximum atomic E-state index is 13.3. The van der Waals surface area contributed by atoms with Crippen molar-refractivity contribution in [2.75, 3.05) is 50.8 Å². The van der Waals surface area contributed by atoms with E-state index in [2.05, 4.69) is 17.0 Å². The lowest BCUT2D eigenvalue weighted by molar-refractivity contribution is -0.137. The van der Waals surface area contributed by atoms with Gasteiger partial charge in [-0.15, -0.1) is 0 Å². The number of nitrogens with zero attached hydrogens (tertiary/aromatic N) is 3. The lowest BCUT2D eigenvalue weighted by Crippen LogP contribution is -2.53. The Kier molecular flexibility index (Phi) is 7.24. The molecule has 0 radical (unpaired) electrons. The molecule has 2 aromatic rings. The van der Waals surface area contributed by atoms with Gasteiger partial charge in [-0.1, -0.05) is 18.2 Å². The van der Waals surface area contributed by atoms with Crippen LogP contribution in [-0.2, 0) is 14.8 Å². The zero-order valence-electron chi connectivity index (χ0n) is 19.4. The number of hydrogen-bond acceptors (Lipinski definition) is 5. The molecule has 2 fully saturated rings. The molecule has 0 aliphatic carbocycles. The highest BCUT2D eigenvalue weighted by Gasteiger charge is 2.36. The van der Waals surface area contributed by atoms with E-state index in [1.165, 1.54) is 9.99 Å². The predicted molar refractivity (Wildman–Crippen MR) is 129 cm³/mol. The monoisotopic (exact) mass is 471 g/mol. The summed E-state index contributed by atoms with van der Waals surface area (Å²) in [6, 6.07) is 15.2. The van der Waals surface area contributed by atoms with Crippen molar-refractivity contribution in [2.24, 2.45) is 5.92 Å². The Morgan fingerprint density at radius 2 is 1.76 bits per heavy atom. The van der Waals surface area contributed by atoms with Crippen LogP contribution < -0.4 is 9.64 Å². The predicted octanol–water partition coefficient (Wildman–Crippen LogP) is 3.14. The smallest absolute Gasteiger partial charge is 0.243 e. The van der Waals surface area contributed by atoms with Gasteiger partial charge in [-0.2, -0.15) is 4.31 Å². The van der Waals surface area contributed by atoms with Crippen LogP contribution in [0.2, 0.25) is 0 Å². The third-order valence-corrected chi connectivity index (χ3v) is 8.39. The molecule has 0 N–H and O–H groups in total. The molecule has 2 aliphatic rings. The van der Waals surface area contributed by atoms with Crippen molar-refractivity contribution in [3.8, 4) is 5.75 Å². The van der Waals surface area contributed by atoms with Gasteiger partial charge in [0, 0.05) is 45.0 Å². The fraction of sp³-hybridized carbons (Fsp3) is 0.480. The van der Waals surface area contributed by atoms with Gasteiger partial charge in [-0.05, 0) is 62.6 Å². The average molecular weight is 472 g/mol. The zero-order chi connectivity index (χ0) is 23.4. The molecule has 2 aliphatic heterocycles. The largest absolute Gasteiger partial charge is 0.494 e. The summed E-state index contributed by atoms with van der Waals surface area (Å²) in [5.41, 5.74) is 1.96. The molecule has 2 aromatic carbocycles. The van der Waals surface area contributed by atoms with Gasteiger partial charge in [0.05, 0.1) is 17.4 Å². The van der Waals surface area contributed by atoms with Crippen molar-refractivity contribution < 1.29 is 17.9 Å². The van der Waals surface area contributed by atoms with Crippen LogP contribution in [0.15, 0.2) is 53.4 Å². The summed E-state index contributed by atoms with van der Waals surface area (Å²) in [6.07, 6.45) is 1.42. The fourth-order valence-corrected chi connectivity index (χ4v) is 6.30. The van der Waals surface area contributed by atoms with Crippen molar-refractivity contribution in [1.29, 1.82) is 0 Å². The lowest BCUT2D eigenvalue weighted by atomic mass is 9.97. The number of anilines is 1. The average Bonchev–Trinajstić information content (AvgIpc) is 2.85. The van der Waals surface area contributed by atoms with Crippen LogP contribution in [0.25, 0.3) is 0 Å². The second-order valence-electron chi connectivity index (χ2n) is 8.71. The Bertz CT molecular complexity index is 1070. The third kappa shape index (κ3) is 5.17. The fourth-order valence-electron chi connectivity index (χ4n) is 4.69. The molecule has 8 heteroatoms. The highest BCUT2D eigenvalue weighted by atomic mass is 32.2. The van der Waals surface area contributed by atoms with Gasteiger partial charge < -0.3 is 14.5 Å². The second-order valence-corrected chi connectivity index (χ2v) is 10.6. The van der Waals surface area contributed by atoms with Gasteiger partial charge in [-0.3, -0.25) is 4.79 Å². The van der Waals surface area contributed by atoms with E-state index in [1.54, 1.807) is 18.2 Å². The summed E-state index contributed by atoms with van der Waals surface area (Å²) < 4.78 is 33.6. The number of benzene rings is 2. The minimum atomic E-state index is -3.66. The molecule has 1 amide bonds. The van der Waals surface area contributed by atoms with E-state index in [-0.39, 0.29) is 23.3 Å². The summed E-state index contributed by atoms with van der Waals surface area (Å²) in [6.45, 7) is 7.86. The van der Waals surface area contributed by atoms with Crippen molar-refractivity contribution in [1.82, 2.24) is 9.21 Å². The Hall–Kier alpha value is -2.58. The Morgan fingerprint density at radius 3 is 2.42 bits per heavy atom. The standard InChI is InChI=1S/C25H33N3O4S/c1-3-32-24-12-11-23(18-20(24)2)33(30,31)28-13-7-8-21(19-28)25(29)27-16-14-26(15-17-27)22-9-5-4-6-10-22/h4-6,9-12,18,21H,3,7-8,13-17,19H2,1-2H3/t21-/m1/s1. The molecule has 178 valence electrons. The molecule has 0 bridgehead atoms. The van der Waals surface area contributed by atoms with E-state index >= 15 is 0 Å². The van der Waals surface area contributed by atoms with Crippen LogP contribution in [0.1, 0.15) is 25.3 Å². The van der Waals surface area contributed by atoms with Gasteiger partial charge in [0.25, 0.3) is 0 Å². The summed E-state index contributed by atoms with van der Waals surface area (Å²) in [5.74, 6) is 0.476. The number of hydrogen-bond donors (Lipinski definition) is 0. The highest BCUT2D eigenvalue weighted by molar-refractivity contribution is 7.89.